The highest BCUT2D eigenvalue weighted by molar-refractivity contribution is 5.28. The molecule has 2 nitrogen and oxygen atoms in total. The van der Waals surface area contributed by atoms with E-state index in [0.717, 1.165) is 12.8 Å². The Bertz CT molecular complexity index is 325. The summed E-state index contributed by atoms with van der Waals surface area (Å²) in [6.07, 6.45) is -1.17. The molecule has 1 fully saturated rings. The Labute approximate surface area is 79.3 Å². The lowest BCUT2D eigenvalue weighted by Gasteiger charge is -2.13. The summed E-state index contributed by atoms with van der Waals surface area (Å²) in [5.41, 5.74) is 5.22. The van der Waals surface area contributed by atoms with Gasteiger partial charge in [-0.15, -0.1) is 0 Å². The van der Waals surface area contributed by atoms with Crippen LogP contribution in [0, 0.1) is 5.92 Å². The van der Waals surface area contributed by atoms with Gasteiger partial charge in [-0.25, -0.2) is 0 Å². The van der Waals surface area contributed by atoms with Crippen molar-refractivity contribution in [1.82, 2.24) is 4.98 Å². The third kappa shape index (κ3) is 1.64. The second-order valence-electron chi connectivity index (χ2n) is 3.67. The van der Waals surface area contributed by atoms with Crippen LogP contribution in [0.15, 0.2) is 12.3 Å². The number of nitrogens with one attached hydrogen (secondary N) is 1. The van der Waals surface area contributed by atoms with Crippen molar-refractivity contribution in [2.75, 3.05) is 0 Å². The summed E-state index contributed by atoms with van der Waals surface area (Å²) in [4.78, 5) is 2.20. The molecule has 1 aliphatic carbocycles. The molecule has 1 atom stereocenters. The van der Waals surface area contributed by atoms with Gasteiger partial charge in [0.15, 0.2) is 0 Å². The molecule has 0 spiro atoms. The monoisotopic (exact) mass is 204 g/mol. The maximum absolute atomic E-state index is 12.4. The van der Waals surface area contributed by atoms with Gasteiger partial charge in [-0.2, -0.15) is 13.2 Å². The largest absolute Gasteiger partial charge is 0.431 e. The van der Waals surface area contributed by atoms with Crippen molar-refractivity contribution >= 4 is 0 Å². The van der Waals surface area contributed by atoms with E-state index in [1.807, 2.05) is 0 Å². The average Bonchev–Trinajstić information content (AvgIpc) is 2.78. The summed E-state index contributed by atoms with van der Waals surface area (Å²) in [6, 6.07) is 0.948. The Balaban J connectivity index is 2.28. The number of aromatic amines is 1. The molecular weight excluding hydrogens is 193 g/mol. The normalized spacial score (nSPS) is 19.7. The van der Waals surface area contributed by atoms with Crippen LogP contribution < -0.4 is 5.73 Å². The summed E-state index contributed by atoms with van der Waals surface area (Å²) in [5.74, 6) is 0.229. The average molecular weight is 204 g/mol. The van der Waals surface area contributed by atoms with E-state index in [1.165, 1.54) is 12.3 Å². The van der Waals surface area contributed by atoms with Crippen LogP contribution in [-0.4, -0.2) is 4.98 Å². The van der Waals surface area contributed by atoms with Crippen LogP contribution in [0.4, 0.5) is 13.2 Å². The van der Waals surface area contributed by atoms with Crippen molar-refractivity contribution in [1.29, 1.82) is 0 Å². The van der Waals surface area contributed by atoms with Crippen LogP contribution >= 0.6 is 0 Å². The number of hydrogen-bond donors (Lipinski definition) is 2. The van der Waals surface area contributed by atoms with Gasteiger partial charge in [-0.05, 0) is 30.4 Å². The van der Waals surface area contributed by atoms with Crippen LogP contribution in [0.1, 0.15) is 30.1 Å². The van der Waals surface area contributed by atoms with Crippen LogP contribution in [0.5, 0.6) is 0 Å². The van der Waals surface area contributed by atoms with E-state index >= 15 is 0 Å². The molecule has 0 aromatic carbocycles. The van der Waals surface area contributed by atoms with Crippen molar-refractivity contribution in [3.63, 3.8) is 0 Å². The third-order valence-corrected chi connectivity index (χ3v) is 2.55. The van der Waals surface area contributed by atoms with E-state index in [1.54, 1.807) is 0 Å². The highest BCUT2D eigenvalue weighted by Gasteiger charge is 2.39. The van der Waals surface area contributed by atoms with Gasteiger partial charge < -0.3 is 10.7 Å². The summed E-state index contributed by atoms with van der Waals surface area (Å²) in [7, 11) is 0. The first-order valence-corrected chi connectivity index (χ1v) is 4.50. The van der Waals surface area contributed by atoms with Gasteiger partial charge >= 0.3 is 6.18 Å². The molecule has 3 N–H and O–H groups in total. The minimum Gasteiger partial charge on any atom is -0.357 e. The number of alkyl halides is 3. The lowest BCUT2D eigenvalue weighted by Crippen LogP contribution is -2.17. The number of nitrogens with two attached hydrogens (primary N) is 1. The minimum atomic E-state index is -4.33. The van der Waals surface area contributed by atoms with E-state index < -0.39 is 17.9 Å². The molecule has 0 unspecified atom stereocenters. The summed E-state index contributed by atoms with van der Waals surface area (Å²) >= 11 is 0. The molecule has 1 saturated carbocycles. The fourth-order valence-corrected chi connectivity index (χ4v) is 1.61. The molecule has 1 aromatic rings. The molecule has 0 aliphatic heterocycles. The van der Waals surface area contributed by atoms with Gasteiger partial charge in [0, 0.05) is 12.2 Å². The standard InChI is InChI=1S/C9H11F3N2/c10-9(11,12)8-6(3-4-14-8)7(13)5-1-2-5/h3-5,7,14H,1-2,13H2/t7-/m0/s1. The van der Waals surface area contributed by atoms with Crippen molar-refractivity contribution in [2.45, 2.75) is 25.1 Å². The number of halogens is 3. The molecule has 78 valence electrons. The Morgan fingerprint density at radius 1 is 1.43 bits per heavy atom. The van der Waals surface area contributed by atoms with Crippen LogP contribution in [0.3, 0.4) is 0 Å². The molecular formula is C9H11F3N2. The maximum Gasteiger partial charge on any atom is 0.431 e. The zero-order valence-corrected chi connectivity index (χ0v) is 7.43. The first-order valence-electron chi connectivity index (χ1n) is 4.50. The molecule has 0 bridgehead atoms. The highest BCUT2D eigenvalue weighted by atomic mass is 19.4. The van der Waals surface area contributed by atoms with E-state index in [-0.39, 0.29) is 11.5 Å². The minimum absolute atomic E-state index is 0.194. The number of hydrogen-bond acceptors (Lipinski definition) is 1. The quantitative estimate of drug-likeness (QED) is 0.763. The van der Waals surface area contributed by atoms with Crippen molar-refractivity contribution in [3.8, 4) is 0 Å². The summed E-state index contributed by atoms with van der Waals surface area (Å²) in [6.45, 7) is 0. The molecule has 0 radical (unpaired) electrons. The van der Waals surface area contributed by atoms with Crippen molar-refractivity contribution in [2.24, 2.45) is 11.7 Å². The molecule has 5 heteroatoms. The van der Waals surface area contributed by atoms with E-state index in [0.29, 0.717) is 0 Å². The molecule has 14 heavy (non-hydrogen) atoms. The lowest BCUT2D eigenvalue weighted by molar-refractivity contribution is -0.141. The molecule has 0 saturated heterocycles. The maximum atomic E-state index is 12.4. The van der Waals surface area contributed by atoms with Gasteiger partial charge in [-0.3, -0.25) is 0 Å². The second-order valence-corrected chi connectivity index (χ2v) is 3.67. The van der Waals surface area contributed by atoms with Gasteiger partial charge in [-0.1, -0.05) is 0 Å². The van der Waals surface area contributed by atoms with Crippen LogP contribution in [0.25, 0.3) is 0 Å². The van der Waals surface area contributed by atoms with Gasteiger partial charge in [0.2, 0.25) is 0 Å². The Kier molecular flexibility index (Phi) is 2.06. The number of rotatable bonds is 2. The van der Waals surface area contributed by atoms with E-state index in [4.69, 9.17) is 5.73 Å². The second kappa shape index (κ2) is 3.02. The summed E-state index contributed by atoms with van der Waals surface area (Å²) < 4.78 is 37.3. The third-order valence-electron chi connectivity index (χ3n) is 2.55. The lowest BCUT2D eigenvalue weighted by atomic mass is 10.0. The zero-order valence-electron chi connectivity index (χ0n) is 7.43. The Morgan fingerprint density at radius 2 is 2.07 bits per heavy atom. The van der Waals surface area contributed by atoms with E-state index in [2.05, 4.69) is 4.98 Å². The molecule has 1 aromatic heterocycles. The fourth-order valence-electron chi connectivity index (χ4n) is 1.61. The van der Waals surface area contributed by atoms with Crippen molar-refractivity contribution < 1.29 is 13.2 Å². The zero-order chi connectivity index (χ0) is 10.3. The van der Waals surface area contributed by atoms with Gasteiger partial charge in [0.25, 0.3) is 0 Å². The van der Waals surface area contributed by atoms with Gasteiger partial charge in [0.05, 0.1) is 0 Å². The molecule has 2 rings (SSSR count). The topological polar surface area (TPSA) is 41.8 Å². The Morgan fingerprint density at radius 3 is 2.57 bits per heavy atom. The van der Waals surface area contributed by atoms with Crippen molar-refractivity contribution in [3.05, 3.63) is 23.5 Å². The molecule has 1 heterocycles. The Hall–Kier alpha value is -0.970. The van der Waals surface area contributed by atoms with Crippen LogP contribution in [-0.2, 0) is 6.18 Å². The first kappa shape index (κ1) is 9.58. The fraction of sp³-hybridized carbons (Fsp3) is 0.556. The predicted molar refractivity (Wildman–Crippen MR) is 45.4 cm³/mol. The number of H-pyrrole nitrogens is 1. The van der Waals surface area contributed by atoms with Gasteiger partial charge in [0.1, 0.15) is 5.69 Å². The molecule has 1 aliphatic rings. The SMILES string of the molecule is N[C@H](c1cc[nH]c1C(F)(F)F)C1CC1. The highest BCUT2D eigenvalue weighted by Crippen LogP contribution is 2.43. The predicted octanol–water partition coefficient (Wildman–Crippen LogP) is 2.44. The number of aromatic nitrogens is 1. The van der Waals surface area contributed by atoms with E-state index in [9.17, 15) is 13.2 Å². The molecule has 0 amide bonds. The smallest absolute Gasteiger partial charge is 0.357 e. The summed E-state index contributed by atoms with van der Waals surface area (Å²) in [5, 5.41) is 0. The van der Waals surface area contributed by atoms with Crippen LogP contribution in [0.2, 0.25) is 0 Å². The first-order chi connectivity index (χ1) is 6.50.